The highest BCUT2D eigenvalue weighted by molar-refractivity contribution is 5.77. The van der Waals surface area contributed by atoms with Crippen LogP contribution >= 0.6 is 0 Å². The van der Waals surface area contributed by atoms with Crippen molar-refractivity contribution in [2.45, 2.75) is 44.8 Å². The fourth-order valence-electron chi connectivity index (χ4n) is 2.41. The molecule has 1 amide bonds. The van der Waals surface area contributed by atoms with E-state index in [0.29, 0.717) is 18.8 Å². The van der Waals surface area contributed by atoms with Gasteiger partial charge in [-0.3, -0.25) is 4.79 Å². The van der Waals surface area contributed by atoms with E-state index in [4.69, 9.17) is 4.74 Å². The Kier molecular flexibility index (Phi) is 4.83. The summed E-state index contributed by atoms with van der Waals surface area (Å²) in [4.78, 5) is 13.8. The van der Waals surface area contributed by atoms with Crippen LogP contribution in [0.15, 0.2) is 24.3 Å². The molecule has 1 aliphatic heterocycles. The average molecular weight is 295 g/mol. The van der Waals surface area contributed by atoms with E-state index >= 15 is 0 Å². The summed E-state index contributed by atoms with van der Waals surface area (Å²) in [7, 11) is 0. The highest BCUT2D eigenvalue weighted by atomic mass is 19.1. The lowest BCUT2D eigenvalue weighted by Gasteiger charge is -2.33. The van der Waals surface area contributed by atoms with E-state index in [1.54, 1.807) is 30.9 Å². The Morgan fingerprint density at radius 3 is 2.43 bits per heavy atom. The van der Waals surface area contributed by atoms with E-state index in [9.17, 15) is 14.3 Å². The number of carbonyl (C=O) groups excluding carboxylic acids is 1. The van der Waals surface area contributed by atoms with Gasteiger partial charge in [-0.1, -0.05) is 0 Å². The van der Waals surface area contributed by atoms with Crippen LogP contribution in [-0.2, 0) is 4.79 Å². The van der Waals surface area contributed by atoms with Crippen LogP contribution in [0.3, 0.4) is 0 Å². The summed E-state index contributed by atoms with van der Waals surface area (Å²) in [6.45, 7) is 4.52. The molecule has 1 aliphatic rings. The van der Waals surface area contributed by atoms with Crippen LogP contribution in [0.1, 0.15) is 33.1 Å². The maximum absolute atomic E-state index is 12.8. The predicted molar refractivity (Wildman–Crippen MR) is 77.5 cm³/mol. The van der Waals surface area contributed by atoms with E-state index in [0.717, 1.165) is 12.8 Å². The van der Waals surface area contributed by atoms with Crippen molar-refractivity contribution in [1.82, 2.24) is 4.90 Å². The van der Waals surface area contributed by atoms with Gasteiger partial charge in [0, 0.05) is 25.9 Å². The quantitative estimate of drug-likeness (QED) is 0.927. The van der Waals surface area contributed by atoms with Crippen molar-refractivity contribution >= 4 is 5.91 Å². The summed E-state index contributed by atoms with van der Waals surface area (Å²) in [6, 6.07) is 5.97. The normalized spacial score (nSPS) is 16.9. The molecule has 1 fully saturated rings. The van der Waals surface area contributed by atoms with Crippen molar-refractivity contribution in [3.05, 3.63) is 30.1 Å². The summed E-state index contributed by atoms with van der Waals surface area (Å²) in [5, 5.41) is 9.69. The number of carbonyl (C=O) groups is 1. The van der Waals surface area contributed by atoms with Gasteiger partial charge in [0.1, 0.15) is 17.7 Å². The number of piperidine rings is 1. The molecule has 1 aromatic rings. The zero-order valence-corrected chi connectivity index (χ0v) is 12.5. The molecule has 2 rings (SSSR count). The second-order valence-corrected chi connectivity index (χ2v) is 6.14. The zero-order valence-electron chi connectivity index (χ0n) is 12.5. The Morgan fingerprint density at radius 1 is 1.33 bits per heavy atom. The molecule has 1 saturated heterocycles. The summed E-state index contributed by atoms with van der Waals surface area (Å²) >= 11 is 0. The summed E-state index contributed by atoms with van der Waals surface area (Å²) in [6.07, 6.45) is 1.67. The highest BCUT2D eigenvalue weighted by Gasteiger charge is 2.27. The van der Waals surface area contributed by atoms with Gasteiger partial charge >= 0.3 is 0 Å². The Balaban J connectivity index is 1.80. The lowest BCUT2D eigenvalue weighted by Crippen LogP contribution is -2.43. The van der Waals surface area contributed by atoms with Crippen LogP contribution in [0, 0.1) is 5.82 Å². The first kappa shape index (κ1) is 15.8. The second kappa shape index (κ2) is 6.43. The molecule has 0 unspecified atom stereocenters. The minimum atomic E-state index is -0.974. The molecule has 0 aromatic heterocycles. The summed E-state index contributed by atoms with van der Waals surface area (Å²) < 4.78 is 18.6. The van der Waals surface area contributed by atoms with Gasteiger partial charge in [-0.2, -0.15) is 0 Å². The Labute approximate surface area is 124 Å². The number of rotatable bonds is 4. The fraction of sp³-hybridized carbons (Fsp3) is 0.562. The number of benzene rings is 1. The van der Waals surface area contributed by atoms with E-state index in [1.807, 2.05) is 0 Å². The number of halogens is 1. The van der Waals surface area contributed by atoms with Crippen molar-refractivity contribution in [2.75, 3.05) is 13.1 Å². The molecule has 116 valence electrons. The highest BCUT2D eigenvalue weighted by Crippen LogP contribution is 2.20. The number of hydrogen-bond acceptors (Lipinski definition) is 3. The number of hydrogen-bond donors (Lipinski definition) is 1. The molecular formula is C16H22FNO3. The number of aliphatic hydroxyl groups is 1. The number of nitrogens with zero attached hydrogens (tertiary/aromatic N) is 1. The lowest BCUT2D eigenvalue weighted by atomic mass is 10.0. The van der Waals surface area contributed by atoms with E-state index < -0.39 is 5.60 Å². The van der Waals surface area contributed by atoms with Gasteiger partial charge in [0.2, 0.25) is 5.91 Å². The maximum atomic E-state index is 12.8. The molecule has 0 aliphatic carbocycles. The molecule has 1 heterocycles. The van der Waals surface area contributed by atoms with Crippen molar-refractivity contribution < 1.29 is 19.0 Å². The number of amides is 1. The third kappa shape index (κ3) is 5.01. The molecule has 5 heteroatoms. The maximum Gasteiger partial charge on any atom is 0.225 e. The molecular weight excluding hydrogens is 273 g/mol. The zero-order chi connectivity index (χ0) is 15.5. The van der Waals surface area contributed by atoms with E-state index in [1.165, 1.54) is 12.1 Å². The standard InChI is InChI=1S/C16H22FNO3/c1-16(2,20)11-15(19)18-9-7-14(8-10-18)21-13-5-3-12(17)4-6-13/h3-6,14,20H,7-11H2,1-2H3. The molecule has 0 saturated carbocycles. The van der Waals surface area contributed by atoms with E-state index in [-0.39, 0.29) is 24.2 Å². The van der Waals surface area contributed by atoms with Crippen molar-refractivity contribution in [3.8, 4) is 5.75 Å². The first-order valence-electron chi connectivity index (χ1n) is 7.26. The van der Waals surface area contributed by atoms with Crippen LogP contribution in [-0.4, -0.2) is 40.7 Å². The van der Waals surface area contributed by atoms with Gasteiger partial charge in [0.25, 0.3) is 0 Å². The monoisotopic (exact) mass is 295 g/mol. The third-order valence-corrected chi connectivity index (χ3v) is 3.49. The first-order chi connectivity index (χ1) is 9.83. The van der Waals surface area contributed by atoms with Gasteiger partial charge < -0.3 is 14.7 Å². The van der Waals surface area contributed by atoms with Gasteiger partial charge in [-0.05, 0) is 38.1 Å². The molecule has 4 nitrogen and oxygen atoms in total. The van der Waals surface area contributed by atoms with Gasteiger partial charge in [-0.25, -0.2) is 4.39 Å². The first-order valence-corrected chi connectivity index (χ1v) is 7.26. The Hall–Kier alpha value is -1.62. The van der Waals surface area contributed by atoms with Crippen LogP contribution in [0.2, 0.25) is 0 Å². The SMILES string of the molecule is CC(C)(O)CC(=O)N1CCC(Oc2ccc(F)cc2)CC1. The Morgan fingerprint density at radius 2 is 1.90 bits per heavy atom. The molecule has 21 heavy (non-hydrogen) atoms. The minimum absolute atomic E-state index is 0.0252. The van der Waals surface area contributed by atoms with Crippen LogP contribution in [0.4, 0.5) is 4.39 Å². The summed E-state index contributed by atoms with van der Waals surface area (Å²) in [5.74, 6) is 0.342. The third-order valence-electron chi connectivity index (χ3n) is 3.49. The minimum Gasteiger partial charge on any atom is -0.490 e. The van der Waals surface area contributed by atoms with E-state index in [2.05, 4.69) is 0 Å². The van der Waals surface area contributed by atoms with Gasteiger partial charge in [-0.15, -0.1) is 0 Å². The topological polar surface area (TPSA) is 49.8 Å². The molecule has 0 spiro atoms. The molecule has 0 atom stereocenters. The van der Waals surface area contributed by atoms with Gasteiger partial charge in [0.05, 0.1) is 12.0 Å². The fourth-order valence-corrected chi connectivity index (χ4v) is 2.41. The lowest BCUT2D eigenvalue weighted by molar-refractivity contribution is -0.137. The smallest absolute Gasteiger partial charge is 0.225 e. The number of ether oxygens (including phenoxy) is 1. The van der Waals surface area contributed by atoms with Crippen LogP contribution in [0.5, 0.6) is 5.75 Å². The molecule has 0 radical (unpaired) electrons. The van der Waals surface area contributed by atoms with Crippen LogP contribution < -0.4 is 4.74 Å². The largest absolute Gasteiger partial charge is 0.490 e. The molecule has 1 N–H and O–H groups in total. The second-order valence-electron chi connectivity index (χ2n) is 6.14. The van der Waals surface area contributed by atoms with Crippen LogP contribution in [0.25, 0.3) is 0 Å². The molecule has 0 bridgehead atoms. The predicted octanol–water partition coefficient (Wildman–Crippen LogP) is 2.36. The van der Waals surface area contributed by atoms with Gasteiger partial charge in [0.15, 0.2) is 0 Å². The summed E-state index contributed by atoms with van der Waals surface area (Å²) in [5.41, 5.74) is -0.974. The van der Waals surface area contributed by atoms with Crippen molar-refractivity contribution in [2.24, 2.45) is 0 Å². The number of likely N-dealkylation sites (tertiary alicyclic amines) is 1. The average Bonchev–Trinajstić information content (AvgIpc) is 2.40. The molecule has 1 aromatic carbocycles. The Bertz CT molecular complexity index is 473. The van der Waals surface area contributed by atoms with Crippen molar-refractivity contribution in [3.63, 3.8) is 0 Å². The van der Waals surface area contributed by atoms with Crippen molar-refractivity contribution in [1.29, 1.82) is 0 Å².